The van der Waals surface area contributed by atoms with Gasteiger partial charge in [0.1, 0.15) is 24.7 Å². The van der Waals surface area contributed by atoms with E-state index in [9.17, 15) is 4.79 Å². The van der Waals surface area contributed by atoms with Crippen molar-refractivity contribution in [3.63, 3.8) is 0 Å². The number of hydrogen-bond donors (Lipinski definition) is 1. The summed E-state index contributed by atoms with van der Waals surface area (Å²) in [6.45, 7) is 4.27. The first-order chi connectivity index (χ1) is 14.5. The highest BCUT2D eigenvalue weighted by Crippen LogP contribution is 2.40. The van der Waals surface area contributed by atoms with Crippen LogP contribution in [0.5, 0.6) is 5.75 Å². The fraction of sp³-hybridized carbons (Fsp3) is 0.227. The average molecular weight is 469 g/mol. The number of hydrogen-bond acceptors (Lipinski definition) is 6. The first-order valence-corrected chi connectivity index (χ1v) is 10.2. The van der Waals surface area contributed by atoms with Gasteiger partial charge in [-0.3, -0.25) is 0 Å². The number of nitrogens with zero attached hydrogens (tertiary/aromatic N) is 3. The molecule has 3 aromatic rings. The van der Waals surface area contributed by atoms with E-state index in [2.05, 4.69) is 43.5 Å². The Balaban J connectivity index is 1.77. The summed E-state index contributed by atoms with van der Waals surface area (Å²) in [5.41, 5.74) is 4.15. The van der Waals surface area contributed by atoms with Crippen LogP contribution in [0.1, 0.15) is 29.7 Å². The Bertz CT molecular complexity index is 1120. The number of benzene rings is 2. The molecule has 0 fully saturated rings. The van der Waals surface area contributed by atoms with Gasteiger partial charge in [-0.25, -0.2) is 9.48 Å². The average Bonchev–Trinajstić information content (AvgIpc) is 3.20. The molecule has 1 atom stereocenters. The molecule has 0 amide bonds. The number of methoxy groups -OCH3 is 1. The number of anilines is 1. The molecular weight excluding hydrogens is 448 g/mol. The molecule has 0 saturated carbocycles. The number of carbonyl (C=O) groups excluding carboxylic acids is 1. The summed E-state index contributed by atoms with van der Waals surface area (Å²) in [7, 11) is 1.37. The standard InChI is InChI=1S/C22H21BrN4O3/c1-13-4-6-15(7-5-13)11-30-18-9-8-16(23)10-17(18)20-19(21(28)29-3)14(2)26-22-24-12-25-27(20)22/h4-10,12,20H,11H2,1-3H3,(H,24,25,26). The summed E-state index contributed by atoms with van der Waals surface area (Å²) in [6.07, 6.45) is 1.45. The van der Waals surface area contributed by atoms with Gasteiger partial charge in [-0.1, -0.05) is 45.8 Å². The summed E-state index contributed by atoms with van der Waals surface area (Å²) in [5, 5.41) is 7.46. The minimum atomic E-state index is -0.540. The molecule has 7 nitrogen and oxygen atoms in total. The van der Waals surface area contributed by atoms with Gasteiger partial charge in [0.25, 0.3) is 0 Å². The van der Waals surface area contributed by atoms with Crippen molar-refractivity contribution < 1.29 is 14.3 Å². The first kappa shape index (κ1) is 20.2. The third kappa shape index (κ3) is 3.82. The molecule has 0 aliphatic carbocycles. The number of fused-ring (bicyclic) bond motifs is 1. The molecule has 8 heteroatoms. The van der Waals surface area contributed by atoms with Crippen molar-refractivity contribution in [2.45, 2.75) is 26.5 Å². The maximum atomic E-state index is 12.7. The molecule has 154 valence electrons. The zero-order chi connectivity index (χ0) is 21.3. The van der Waals surface area contributed by atoms with Crippen LogP contribution in [-0.2, 0) is 16.1 Å². The zero-order valence-electron chi connectivity index (χ0n) is 16.8. The number of nitrogens with one attached hydrogen (secondary N) is 1. The lowest BCUT2D eigenvalue weighted by molar-refractivity contribution is -0.136. The molecule has 1 aromatic heterocycles. The Morgan fingerprint density at radius 3 is 2.70 bits per heavy atom. The summed E-state index contributed by atoms with van der Waals surface area (Å²) in [4.78, 5) is 16.9. The van der Waals surface area contributed by atoms with E-state index in [-0.39, 0.29) is 0 Å². The molecule has 0 radical (unpaired) electrons. The lowest BCUT2D eigenvalue weighted by Gasteiger charge is -2.29. The lowest BCUT2D eigenvalue weighted by atomic mass is 9.95. The second-order valence-electron chi connectivity index (χ2n) is 7.04. The highest BCUT2D eigenvalue weighted by molar-refractivity contribution is 9.10. The van der Waals surface area contributed by atoms with E-state index in [1.54, 1.807) is 4.68 Å². The van der Waals surface area contributed by atoms with E-state index in [4.69, 9.17) is 9.47 Å². The molecule has 2 aromatic carbocycles. The molecule has 0 bridgehead atoms. The molecular formula is C22H21BrN4O3. The smallest absolute Gasteiger partial charge is 0.338 e. The molecule has 1 unspecified atom stereocenters. The van der Waals surface area contributed by atoms with Crippen LogP contribution in [0.25, 0.3) is 0 Å². The van der Waals surface area contributed by atoms with Crippen LogP contribution in [0.4, 0.5) is 5.95 Å². The number of esters is 1. The summed E-state index contributed by atoms with van der Waals surface area (Å²) >= 11 is 3.54. The van der Waals surface area contributed by atoms with Crippen LogP contribution in [0.3, 0.4) is 0 Å². The van der Waals surface area contributed by atoms with Crippen molar-refractivity contribution in [3.8, 4) is 5.75 Å². The van der Waals surface area contributed by atoms with Gasteiger partial charge in [-0.15, -0.1) is 0 Å². The van der Waals surface area contributed by atoms with Crippen molar-refractivity contribution in [1.82, 2.24) is 14.8 Å². The number of carbonyl (C=O) groups is 1. The van der Waals surface area contributed by atoms with Gasteiger partial charge in [-0.2, -0.15) is 10.1 Å². The number of ether oxygens (including phenoxy) is 2. The van der Waals surface area contributed by atoms with Crippen LogP contribution in [0.15, 0.2) is 64.5 Å². The van der Waals surface area contributed by atoms with Crippen LogP contribution in [0, 0.1) is 6.92 Å². The Morgan fingerprint density at radius 1 is 1.20 bits per heavy atom. The van der Waals surface area contributed by atoms with E-state index in [0.717, 1.165) is 15.6 Å². The van der Waals surface area contributed by atoms with Crippen LogP contribution in [0.2, 0.25) is 0 Å². The van der Waals surface area contributed by atoms with Crippen molar-refractivity contribution in [1.29, 1.82) is 0 Å². The lowest BCUT2D eigenvalue weighted by Crippen LogP contribution is -2.29. The van der Waals surface area contributed by atoms with Crippen molar-refractivity contribution in [2.75, 3.05) is 12.4 Å². The van der Waals surface area contributed by atoms with E-state index in [1.807, 2.05) is 44.2 Å². The number of aromatic nitrogens is 3. The van der Waals surface area contributed by atoms with Crippen molar-refractivity contribution in [2.24, 2.45) is 0 Å². The van der Waals surface area contributed by atoms with Gasteiger partial charge in [0.15, 0.2) is 0 Å². The Kier molecular flexibility index (Phi) is 5.59. The van der Waals surface area contributed by atoms with Crippen molar-refractivity contribution >= 4 is 27.8 Å². The normalized spacial score (nSPS) is 15.4. The van der Waals surface area contributed by atoms with Crippen molar-refractivity contribution in [3.05, 3.63) is 81.2 Å². The van der Waals surface area contributed by atoms with Gasteiger partial charge in [0, 0.05) is 15.7 Å². The third-order valence-electron chi connectivity index (χ3n) is 4.98. The summed E-state index contributed by atoms with van der Waals surface area (Å²) in [6, 6.07) is 13.4. The van der Waals surface area contributed by atoms with E-state index in [0.29, 0.717) is 29.6 Å². The highest BCUT2D eigenvalue weighted by Gasteiger charge is 2.35. The van der Waals surface area contributed by atoms with Gasteiger partial charge in [0.05, 0.1) is 12.7 Å². The summed E-state index contributed by atoms with van der Waals surface area (Å²) < 4.78 is 13.8. The second-order valence-corrected chi connectivity index (χ2v) is 7.96. The fourth-order valence-corrected chi connectivity index (χ4v) is 3.84. The zero-order valence-corrected chi connectivity index (χ0v) is 18.4. The maximum Gasteiger partial charge on any atom is 0.338 e. The first-order valence-electron chi connectivity index (χ1n) is 9.41. The quantitative estimate of drug-likeness (QED) is 0.559. The van der Waals surface area contributed by atoms with Crippen LogP contribution < -0.4 is 10.1 Å². The third-order valence-corrected chi connectivity index (χ3v) is 5.47. The topological polar surface area (TPSA) is 78.3 Å². The summed E-state index contributed by atoms with van der Waals surface area (Å²) in [5.74, 6) is 0.770. The second kappa shape index (κ2) is 8.31. The monoisotopic (exact) mass is 468 g/mol. The Morgan fingerprint density at radius 2 is 1.97 bits per heavy atom. The van der Waals surface area contributed by atoms with Gasteiger partial charge in [-0.05, 0) is 37.6 Å². The van der Waals surface area contributed by atoms with E-state index < -0.39 is 12.0 Å². The predicted octanol–water partition coefficient (Wildman–Crippen LogP) is 4.39. The molecule has 1 aliphatic heterocycles. The van der Waals surface area contributed by atoms with E-state index in [1.165, 1.54) is 19.0 Å². The van der Waals surface area contributed by atoms with Gasteiger partial charge < -0.3 is 14.8 Å². The molecule has 4 rings (SSSR count). The van der Waals surface area contributed by atoms with Crippen LogP contribution in [-0.4, -0.2) is 27.8 Å². The predicted molar refractivity (Wildman–Crippen MR) is 116 cm³/mol. The number of aryl methyl sites for hydroxylation is 1. The molecule has 1 N–H and O–H groups in total. The molecule has 0 spiro atoms. The highest BCUT2D eigenvalue weighted by atomic mass is 79.9. The fourth-order valence-electron chi connectivity index (χ4n) is 3.46. The molecule has 1 aliphatic rings. The number of allylic oxidation sites excluding steroid dienone is 1. The maximum absolute atomic E-state index is 12.7. The minimum Gasteiger partial charge on any atom is -0.489 e. The number of halogens is 1. The SMILES string of the molecule is COC(=O)C1=C(C)Nc2ncnn2C1c1cc(Br)ccc1OCc1ccc(C)cc1. The molecule has 30 heavy (non-hydrogen) atoms. The number of rotatable bonds is 5. The van der Waals surface area contributed by atoms with E-state index >= 15 is 0 Å². The minimum absolute atomic E-state index is 0.403. The molecule has 0 saturated heterocycles. The van der Waals surface area contributed by atoms with Gasteiger partial charge in [0.2, 0.25) is 5.95 Å². The van der Waals surface area contributed by atoms with Gasteiger partial charge >= 0.3 is 5.97 Å². The van der Waals surface area contributed by atoms with Crippen LogP contribution >= 0.6 is 15.9 Å². The Hall–Kier alpha value is -3.13. The molecule has 2 heterocycles. The Labute approximate surface area is 182 Å². The largest absolute Gasteiger partial charge is 0.489 e.